The maximum Gasteiger partial charge on any atom is 0.263 e. The van der Waals surface area contributed by atoms with Crippen LogP contribution < -0.4 is 5.32 Å². The van der Waals surface area contributed by atoms with Gasteiger partial charge in [0.15, 0.2) is 0 Å². The van der Waals surface area contributed by atoms with Gasteiger partial charge >= 0.3 is 0 Å². The molecule has 1 fully saturated rings. The highest BCUT2D eigenvalue weighted by Crippen LogP contribution is 2.15. The molecule has 1 unspecified atom stereocenters. The van der Waals surface area contributed by atoms with Crippen molar-refractivity contribution in [3.8, 4) is 0 Å². The molecule has 1 aromatic heterocycles. The van der Waals surface area contributed by atoms with Gasteiger partial charge in [0.25, 0.3) is 5.91 Å². The van der Waals surface area contributed by atoms with Gasteiger partial charge in [0.1, 0.15) is 0 Å². The number of thiophene rings is 1. The summed E-state index contributed by atoms with van der Waals surface area (Å²) in [5.41, 5.74) is 0. The van der Waals surface area contributed by atoms with Crippen LogP contribution in [0, 0.1) is 5.92 Å². The van der Waals surface area contributed by atoms with Gasteiger partial charge in [0.05, 0.1) is 4.88 Å². The molecule has 17 heavy (non-hydrogen) atoms. The van der Waals surface area contributed by atoms with Gasteiger partial charge < -0.3 is 10.2 Å². The topological polar surface area (TPSA) is 32.3 Å². The predicted octanol–water partition coefficient (Wildman–Crippen LogP) is 2.21. The molecule has 0 spiro atoms. The number of amides is 1. The van der Waals surface area contributed by atoms with Gasteiger partial charge in [-0.3, -0.25) is 4.79 Å². The molecule has 94 valence electrons. The number of rotatable bonds is 2. The Hall–Kier alpha value is -0.870. The lowest BCUT2D eigenvalue weighted by Gasteiger charge is -2.26. The third kappa shape index (κ3) is 3.07. The highest BCUT2D eigenvalue weighted by Gasteiger charge is 2.24. The molecule has 4 heteroatoms. The highest BCUT2D eigenvalue weighted by atomic mass is 32.1. The molecule has 1 N–H and O–H groups in total. The monoisotopic (exact) mass is 252 g/mol. The lowest BCUT2D eigenvalue weighted by Crippen LogP contribution is -2.43. The number of carbonyl (C=O) groups is 1. The predicted molar refractivity (Wildman–Crippen MR) is 71.5 cm³/mol. The fraction of sp³-hybridized carbons (Fsp3) is 0.615. The molecule has 0 saturated carbocycles. The zero-order valence-corrected chi connectivity index (χ0v) is 11.3. The molecular formula is C13H20N2OS. The van der Waals surface area contributed by atoms with Gasteiger partial charge in [-0.1, -0.05) is 19.9 Å². The largest absolute Gasteiger partial charge is 0.336 e. The van der Waals surface area contributed by atoms with E-state index in [1.165, 1.54) is 11.3 Å². The van der Waals surface area contributed by atoms with Crippen LogP contribution in [0.2, 0.25) is 0 Å². The number of carbonyl (C=O) groups excluding carboxylic acids is 1. The fourth-order valence-corrected chi connectivity index (χ4v) is 2.83. The third-order valence-electron chi connectivity index (χ3n) is 3.25. The van der Waals surface area contributed by atoms with E-state index in [-0.39, 0.29) is 5.91 Å². The van der Waals surface area contributed by atoms with Crippen LogP contribution in [-0.2, 0) is 0 Å². The maximum atomic E-state index is 12.3. The Balaban J connectivity index is 2.06. The van der Waals surface area contributed by atoms with Gasteiger partial charge in [-0.15, -0.1) is 11.3 Å². The molecule has 1 aliphatic rings. The molecule has 0 bridgehead atoms. The second-order valence-corrected chi connectivity index (χ2v) is 5.83. The lowest BCUT2D eigenvalue weighted by atomic mass is 10.0. The van der Waals surface area contributed by atoms with Crippen LogP contribution in [0.25, 0.3) is 0 Å². The number of nitrogens with zero attached hydrogens (tertiary/aromatic N) is 1. The van der Waals surface area contributed by atoms with E-state index in [0.717, 1.165) is 30.9 Å². The van der Waals surface area contributed by atoms with E-state index >= 15 is 0 Å². The van der Waals surface area contributed by atoms with E-state index in [1.807, 2.05) is 22.4 Å². The minimum atomic E-state index is 0.189. The Labute approximate surface area is 107 Å². The van der Waals surface area contributed by atoms with Gasteiger partial charge in [0.2, 0.25) is 0 Å². The smallest absolute Gasteiger partial charge is 0.263 e. The SMILES string of the molecule is CC(C)C1CN(C(=O)c2cccs2)CCCN1. The van der Waals surface area contributed by atoms with E-state index in [2.05, 4.69) is 19.2 Å². The van der Waals surface area contributed by atoms with Gasteiger partial charge in [-0.25, -0.2) is 0 Å². The van der Waals surface area contributed by atoms with E-state index in [9.17, 15) is 4.79 Å². The molecule has 2 heterocycles. The van der Waals surface area contributed by atoms with Crippen molar-refractivity contribution in [2.24, 2.45) is 5.92 Å². The number of hydrogen-bond acceptors (Lipinski definition) is 3. The number of nitrogens with one attached hydrogen (secondary N) is 1. The first-order chi connectivity index (χ1) is 8.18. The summed E-state index contributed by atoms with van der Waals surface area (Å²) in [4.78, 5) is 15.1. The molecule has 3 nitrogen and oxygen atoms in total. The summed E-state index contributed by atoms with van der Waals surface area (Å²) in [5.74, 6) is 0.751. The zero-order valence-electron chi connectivity index (χ0n) is 10.5. The minimum absolute atomic E-state index is 0.189. The maximum absolute atomic E-state index is 12.3. The van der Waals surface area contributed by atoms with Gasteiger partial charge in [-0.05, 0) is 30.3 Å². The van der Waals surface area contributed by atoms with Crippen LogP contribution in [0.15, 0.2) is 17.5 Å². The first-order valence-corrected chi connectivity index (χ1v) is 7.12. The normalized spacial score (nSPS) is 21.6. The first kappa shape index (κ1) is 12.6. The molecule has 1 aromatic rings. The minimum Gasteiger partial charge on any atom is -0.336 e. The molecule has 0 radical (unpaired) electrons. The van der Waals surface area contributed by atoms with E-state index in [4.69, 9.17) is 0 Å². The van der Waals surface area contributed by atoms with Crippen molar-refractivity contribution in [3.05, 3.63) is 22.4 Å². The summed E-state index contributed by atoms with van der Waals surface area (Å²) < 4.78 is 0. The summed E-state index contributed by atoms with van der Waals surface area (Å²) >= 11 is 1.53. The van der Waals surface area contributed by atoms with Crippen LogP contribution in [0.4, 0.5) is 0 Å². The van der Waals surface area contributed by atoms with Crippen molar-refractivity contribution < 1.29 is 4.79 Å². The fourth-order valence-electron chi connectivity index (χ4n) is 2.14. The molecule has 1 amide bonds. The zero-order chi connectivity index (χ0) is 12.3. The van der Waals surface area contributed by atoms with Crippen molar-refractivity contribution in [3.63, 3.8) is 0 Å². The Kier molecular flexibility index (Phi) is 4.18. The average molecular weight is 252 g/mol. The van der Waals surface area contributed by atoms with Crippen LogP contribution in [-0.4, -0.2) is 36.5 Å². The first-order valence-electron chi connectivity index (χ1n) is 6.24. The molecule has 1 saturated heterocycles. The van der Waals surface area contributed by atoms with Crippen LogP contribution in [0.3, 0.4) is 0 Å². The Morgan fingerprint density at radius 1 is 1.59 bits per heavy atom. The van der Waals surface area contributed by atoms with E-state index < -0.39 is 0 Å². The van der Waals surface area contributed by atoms with Crippen LogP contribution >= 0.6 is 11.3 Å². The van der Waals surface area contributed by atoms with Crippen molar-refractivity contribution in [1.82, 2.24) is 10.2 Å². The van der Waals surface area contributed by atoms with E-state index in [1.54, 1.807) is 0 Å². The summed E-state index contributed by atoms with van der Waals surface area (Å²) in [6.07, 6.45) is 1.04. The molecular weight excluding hydrogens is 232 g/mol. The third-order valence-corrected chi connectivity index (χ3v) is 4.11. The second kappa shape index (κ2) is 5.65. The van der Waals surface area contributed by atoms with Crippen LogP contribution in [0.1, 0.15) is 29.9 Å². The van der Waals surface area contributed by atoms with Gasteiger partial charge in [0, 0.05) is 19.1 Å². The highest BCUT2D eigenvalue weighted by molar-refractivity contribution is 7.12. The van der Waals surface area contributed by atoms with Gasteiger partial charge in [-0.2, -0.15) is 0 Å². The summed E-state index contributed by atoms with van der Waals surface area (Å²) in [7, 11) is 0. The molecule has 0 aliphatic carbocycles. The van der Waals surface area contributed by atoms with Crippen molar-refractivity contribution in [1.29, 1.82) is 0 Å². The Bertz CT molecular complexity index is 362. The van der Waals surface area contributed by atoms with E-state index in [0.29, 0.717) is 12.0 Å². The summed E-state index contributed by atoms with van der Waals surface area (Å²) in [5, 5.41) is 5.48. The molecule has 2 rings (SSSR count). The average Bonchev–Trinajstić information content (AvgIpc) is 2.71. The molecule has 1 atom stereocenters. The molecule has 0 aromatic carbocycles. The number of hydrogen-bond donors (Lipinski definition) is 1. The Morgan fingerprint density at radius 2 is 2.41 bits per heavy atom. The van der Waals surface area contributed by atoms with Crippen molar-refractivity contribution >= 4 is 17.2 Å². The summed E-state index contributed by atoms with van der Waals surface area (Å²) in [6.45, 7) is 7.12. The van der Waals surface area contributed by atoms with Crippen LogP contribution in [0.5, 0.6) is 0 Å². The van der Waals surface area contributed by atoms with Crippen molar-refractivity contribution in [2.75, 3.05) is 19.6 Å². The summed E-state index contributed by atoms with van der Waals surface area (Å²) in [6, 6.07) is 4.27. The Morgan fingerprint density at radius 3 is 3.06 bits per heavy atom. The van der Waals surface area contributed by atoms with Crippen molar-refractivity contribution in [2.45, 2.75) is 26.3 Å². The lowest BCUT2D eigenvalue weighted by molar-refractivity contribution is 0.0750. The molecule has 1 aliphatic heterocycles. The quantitative estimate of drug-likeness (QED) is 0.875. The standard InChI is InChI=1S/C13H20N2OS/c1-10(2)11-9-15(7-4-6-14-11)13(16)12-5-3-8-17-12/h3,5,8,10-11,14H,4,6-7,9H2,1-2H3. The second-order valence-electron chi connectivity index (χ2n) is 4.89.